The highest BCUT2D eigenvalue weighted by Crippen LogP contribution is 2.30. The summed E-state index contributed by atoms with van der Waals surface area (Å²) in [5.74, 6) is -0.0785. The maximum absolute atomic E-state index is 12.3. The van der Waals surface area contributed by atoms with Crippen molar-refractivity contribution in [3.63, 3.8) is 0 Å². The van der Waals surface area contributed by atoms with Gasteiger partial charge in [-0.1, -0.05) is 0 Å². The van der Waals surface area contributed by atoms with Gasteiger partial charge in [0.2, 0.25) is 5.91 Å². The highest BCUT2D eigenvalue weighted by Gasteiger charge is 2.14. The van der Waals surface area contributed by atoms with E-state index in [9.17, 15) is 15.0 Å². The predicted molar refractivity (Wildman–Crippen MR) is 112 cm³/mol. The number of H-pyrrole nitrogens is 1. The molecule has 150 valence electrons. The number of nitriles is 1. The van der Waals surface area contributed by atoms with Gasteiger partial charge in [0.25, 0.3) is 0 Å². The van der Waals surface area contributed by atoms with E-state index in [0.29, 0.717) is 23.7 Å². The number of phenolic OH excluding ortho intramolecular Hbond substituents is 1. The number of fused-ring (bicyclic) bond motifs is 1. The molecule has 0 aliphatic rings. The number of nitrogens with zero attached hydrogens (tertiary/aromatic N) is 3. The van der Waals surface area contributed by atoms with Crippen LogP contribution in [0.2, 0.25) is 0 Å². The van der Waals surface area contributed by atoms with Gasteiger partial charge in [-0.05, 0) is 30.2 Å². The van der Waals surface area contributed by atoms with Gasteiger partial charge in [0.05, 0.1) is 17.7 Å². The van der Waals surface area contributed by atoms with Crippen LogP contribution >= 0.6 is 11.3 Å². The summed E-state index contributed by atoms with van der Waals surface area (Å²) in [6.07, 6.45) is 3.98. The molecule has 4 rings (SSSR count). The summed E-state index contributed by atoms with van der Waals surface area (Å²) < 4.78 is 0. The van der Waals surface area contributed by atoms with E-state index in [0.717, 1.165) is 16.5 Å². The number of carbonyl (C=O) groups excluding carboxylic acids is 1. The van der Waals surface area contributed by atoms with Gasteiger partial charge in [-0.15, -0.1) is 11.3 Å². The standard InChI is InChI=1S/C21H17N5O3S/c22-8-12-5-18(28)20(25-9-12)21-26-14(11-30-21)6-19(29)23-4-3-13-10-24-17-2-1-15(27)7-16(13)17/h1-2,5,7,9-11,24,27-28H,3-4,6H2,(H,23,29). The summed E-state index contributed by atoms with van der Waals surface area (Å²) in [6, 6.07) is 8.39. The molecular weight excluding hydrogens is 402 g/mol. The molecule has 3 aromatic heterocycles. The molecule has 1 amide bonds. The molecule has 0 fully saturated rings. The van der Waals surface area contributed by atoms with Gasteiger partial charge in [0.15, 0.2) is 0 Å². The normalized spacial score (nSPS) is 10.8. The van der Waals surface area contributed by atoms with Gasteiger partial charge >= 0.3 is 0 Å². The van der Waals surface area contributed by atoms with Crippen LogP contribution in [0, 0.1) is 11.3 Å². The molecule has 0 bridgehead atoms. The van der Waals surface area contributed by atoms with E-state index < -0.39 is 0 Å². The van der Waals surface area contributed by atoms with Crippen molar-refractivity contribution in [3.05, 3.63) is 58.9 Å². The van der Waals surface area contributed by atoms with Crippen molar-refractivity contribution in [2.75, 3.05) is 6.54 Å². The molecule has 0 unspecified atom stereocenters. The molecule has 3 heterocycles. The Hall–Kier alpha value is -3.90. The van der Waals surface area contributed by atoms with Crippen molar-refractivity contribution in [1.82, 2.24) is 20.3 Å². The van der Waals surface area contributed by atoms with Gasteiger partial charge in [0.1, 0.15) is 28.3 Å². The van der Waals surface area contributed by atoms with Crippen LogP contribution in [-0.4, -0.2) is 37.6 Å². The van der Waals surface area contributed by atoms with E-state index in [1.54, 1.807) is 17.5 Å². The first-order chi connectivity index (χ1) is 14.5. The fourth-order valence-corrected chi connectivity index (χ4v) is 3.94. The number of rotatable bonds is 6. The number of amides is 1. The Balaban J connectivity index is 1.35. The third kappa shape index (κ3) is 4.09. The fraction of sp³-hybridized carbons (Fsp3) is 0.143. The van der Waals surface area contributed by atoms with Crippen molar-refractivity contribution < 1.29 is 15.0 Å². The molecule has 0 radical (unpaired) electrons. The summed E-state index contributed by atoms with van der Waals surface area (Å²) in [7, 11) is 0. The maximum Gasteiger partial charge on any atom is 0.226 e. The lowest BCUT2D eigenvalue weighted by Crippen LogP contribution is -2.27. The van der Waals surface area contributed by atoms with Crippen LogP contribution in [-0.2, 0) is 17.6 Å². The monoisotopic (exact) mass is 419 g/mol. The Morgan fingerprint density at radius 1 is 1.30 bits per heavy atom. The minimum Gasteiger partial charge on any atom is -0.508 e. The highest BCUT2D eigenvalue weighted by atomic mass is 32.1. The molecular formula is C21H17N5O3S. The number of phenols is 1. The van der Waals surface area contributed by atoms with Crippen LogP contribution in [0.3, 0.4) is 0 Å². The lowest BCUT2D eigenvalue weighted by molar-refractivity contribution is -0.120. The maximum atomic E-state index is 12.3. The van der Waals surface area contributed by atoms with Gasteiger partial charge in [0, 0.05) is 41.3 Å². The number of nitrogens with one attached hydrogen (secondary N) is 2. The van der Waals surface area contributed by atoms with Crippen LogP contribution in [0.4, 0.5) is 0 Å². The summed E-state index contributed by atoms with van der Waals surface area (Å²) in [5, 5.41) is 34.6. The van der Waals surface area contributed by atoms with Crippen molar-refractivity contribution in [1.29, 1.82) is 5.26 Å². The van der Waals surface area contributed by atoms with Crippen LogP contribution in [0.5, 0.6) is 11.5 Å². The number of hydrogen-bond acceptors (Lipinski definition) is 7. The second-order valence-electron chi connectivity index (χ2n) is 6.67. The number of aromatic hydroxyl groups is 2. The molecule has 1 aromatic carbocycles. The summed E-state index contributed by atoms with van der Waals surface area (Å²) in [5.41, 5.74) is 3.07. The van der Waals surface area contributed by atoms with Gasteiger partial charge in [-0.25, -0.2) is 9.97 Å². The topological polar surface area (TPSA) is 135 Å². The Morgan fingerprint density at radius 2 is 2.17 bits per heavy atom. The number of benzene rings is 1. The number of pyridine rings is 1. The van der Waals surface area contributed by atoms with Crippen molar-refractivity contribution in [3.8, 4) is 28.3 Å². The molecule has 8 nitrogen and oxygen atoms in total. The van der Waals surface area contributed by atoms with Crippen molar-refractivity contribution in [2.24, 2.45) is 0 Å². The third-order valence-corrected chi connectivity index (χ3v) is 5.46. The Bertz CT molecular complexity index is 1270. The molecule has 30 heavy (non-hydrogen) atoms. The molecule has 0 aliphatic heterocycles. The average molecular weight is 419 g/mol. The first-order valence-corrected chi connectivity index (χ1v) is 10.0. The number of thiazole rings is 1. The minimum atomic E-state index is -0.161. The Morgan fingerprint density at radius 3 is 2.97 bits per heavy atom. The zero-order chi connectivity index (χ0) is 21.1. The van der Waals surface area contributed by atoms with E-state index in [1.807, 2.05) is 18.3 Å². The van der Waals surface area contributed by atoms with Crippen LogP contribution < -0.4 is 5.32 Å². The average Bonchev–Trinajstić information content (AvgIpc) is 3.35. The molecule has 4 N–H and O–H groups in total. The molecule has 9 heteroatoms. The van der Waals surface area contributed by atoms with Crippen LogP contribution in [0.25, 0.3) is 21.6 Å². The summed E-state index contributed by atoms with van der Waals surface area (Å²) >= 11 is 1.27. The molecule has 0 spiro atoms. The van der Waals surface area contributed by atoms with Crippen molar-refractivity contribution in [2.45, 2.75) is 12.8 Å². The van der Waals surface area contributed by atoms with Crippen LogP contribution in [0.1, 0.15) is 16.8 Å². The third-order valence-electron chi connectivity index (χ3n) is 4.56. The smallest absolute Gasteiger partial charge is 0.226 e. The first-order valence-electron chi connectivity index (χ1n) is 9.13. The first kappa shape index (κ1) is 19.4. The van der Waals surface area contributed by atoms with E-state index in [1.165, 1.54) is 23.6 Å². The second kappa shape index (κ2) is 8.23. The summed E-state index contributed by atoms with van der Waals surface area (Å²) in [4.78, 5) is 23.8. The van der Waals surface area contributed by atoms with Gasteiger partial charge in [-0.3, -0.25) is 4.79 Å². The Labute approximate surface area is 175 Å². The van der Waals surface area contributed by atoms with E-state index in [2.05, 4.69) is 20.3 Å². The minimum absolute atomic E-state index is 0.113. The lowest BCUT2D eigenvalue weighted by atomic mass is 10.1. The molecule has 0 saturated carbocycles. The fourth-order valence-electron chi connectivity index (χ4n) is 3.11. The predicted octanol–water partition coefficient (Wildman–Crippen LogP) is 2.87. The van der Waals surface area contributed by atoms with E-state index in [-0.39, 0.29) is 35.1 Å². The summed E-state index contributed by atoms with van der Waals surface area (Å²) in [6.45, 7) is 0.455. The second-order valence-corrected chi connectivity index (χ2v) is 7.53. The molecule has 0 aliphatic carbocycles. The lowest BCUT2D eigenvalue weighted by Gasteiger charge is -2.04. The molecule has 0 saturated heterocycles. The highest BCUT2D eigenvalue weighted by molar-refractivity contribution is 7.13. The number of hydrogen-bond donors (Lipinski definition) is 4. The molecule has 0 atom stereocenters. The van der Waals surface area contributed by atoms with Crippen molar-refractivity contribution >= 4 is 28.1 Å². The van der Waals surface area contributed by atoms with Gasteiger partial charge in [-0.2, -0.15) is 5.26 Å². The van der Waals surface area contributed by atoms with Gasteiger partial charge < -0.3 is 20.5 Å². The number of carbonyl (C=O) groups is 1. The Kier molecular flexibility index (Phi) is 5.32. The quantitative estimate of drug-likeness (QED) is 0.380. The van der Waals surface area contributed by atoms with Crippen LogP contribution in [0.15, 0.2) is 42.0 Å². The SMILES string of the molecule is N#Cc1cnc(-c2nc(CC(=O)NCCc3c[nH]c4ccc(O)cc34)cs2)c(O)c1. The zero-order valence-corrected chi connectivity index (χ0v) is 16.5. The zero-order valence-electron chi connectivity index (χ0n) is 15.7. The largest absolute Gasteiger partial charge is 0.508 e. The van der Waals surface area contributed by atoms with E-state index in [4.69, 9.17) is 5.26 Å². The molecule has 4 aromatic rings. The van der Waals surface area contributed by atoms with E-state index >= 15 is 0 Å². The number of aromatic nitrogens is 3. The number of aromatic amines is 1.